The number of nitriles is 1. The Balaban J connectivity index is 0.000000191. The van der Waals surface area contributed by atoms with Gasteiger partial charge in [-0.15, -0.1) is 13.2 Å². The molecule has 0 saturated heterocycles. The predicted molar refractivity (Wildman–Crippen MR) is 226 cm³/mol. The summed E-state index contributed by atoms with van der Waals surface area (Å²) in [5, 5.41) is 9.59. The van der Waals surface area contributed by atoms with Crippen LogP contribution in [0.25, 0.3) is 22.8 Å². The van der Waals surface area contributed by atoms with E-state index in [1.54, 1.807) is 4.90 Å². The van der Waals surface area contributed by atoms with Crippen molar-refractivity contribution in [1.29, 1.82) is 5.26 Å². The molecule has 296 valence electrons. The van der Waals surface area contributed by atoms with Gasteiger partial charge in [0.2, 0.25) is 11.8 Å². The summed E-state index contributed by atoms with van der Waals surface area (Å²) in [6.45, 7) is 14.8. The molecule has 0 bridgehead atoms. The molecule has 0 spiro atoms. The Morgan fingerprint density at radius 1 is 0.678 bits per heavy atom. The normalized spacial score (nSPS) is 12.3. The molecular formula is C46H42N8O5. The highest BCUT2D eigenvalue weighted by Gasteiger charge is 2.36. The fourth-order valence-electron chi connectivity index (χ4n) is 6.75. The van der Waals surface area contributed by atoms with E-state index in [1.165, 1.54) is 4.90 Å². The second-order valence-electron chi connectivity index (χ2n) is 13.2. The Hall–Kier alpha value is -7.72. The lowest BCUT2D eigenvalue weighted by molar-refractivity contribution is -0.117. The monoisotopic (exact) mass is 786 g/mol. The van der Waals surface area contributed by atoms with Crippen LogP contribution in [0.15, 0.2) is 110 Å². The molecule has 3 amide bonds. The molecule has 59 heavy (non-hydrogen) atoms. The van der Waals surface area contributed by atoms with E-state index < -0.39 is 5.91 Å². The first-order valence-corrected chi connectivity index (χ1v) is 18.9. The molecule has 0 saturated carbocycles. The molecular weight excluding hydrogens is 745 g/mol. The van der Waals surface area contributed by atoms with Gasteiger partial charge in [0.15, 0.2) is 11.6 Å². The van der Waals surface area contributed by atoms with E-state index in [0.717, 1.165) is 39.6 Å². The molecule has 0 atom stereocenters. The second kappa shape index (κ2) is 18.0. The minimum Gasteiger partial charge on any atom is -0.494 e. The quantitative estimate of drug-likeness (QED) is 0.142. The van der Waals surface area contributed by atoms with Crippen LogP contribution in [-0.2, 0) is 22.4 Å². The topological polar surface area (TPSA) is 178 Å². The Labute approximate surface area is 342 Å². The van der Waals surface area contributed by atoms with Gasteiger partial charge in [-0.1, -0.05) is 36.4 Å². The molecule has 4 aromatic carbocycles. The minimum atomic E-state index is -0.685. The maximum Gasteiger partial charge on any atom is 0.267 e. The zero-order chi connectivity index (χ0) is 42.2. The van der Waals surface area contributed by atoms with E-state index in [-0.39, 0.29) is 36.0 Å². The Morgan fingerprint density at radius 3 is 1.53 bits per heavy atom. The molecule has 2 aliphatic rings. The van der Waals surface area contributed by atoms with Crippen LogP contribution >= 0.6 is 0 Å². The lowest BCUT2D eigenvalue weighted by atomic mass is 10.1. The minimum absolute atomic E-state index is 0.0332. The smallest absolute Gasteiger partial charge is 0.267 e. The largest absolute Gasteiger partial charge is 0.494 e. The van der Waals surface area contributed by atoms with Crippen LogP contribution in [0.1, 0.15) is 52.3 Å². The van der Waals surface area contributed by atoms with Gasteiger partial charge in [0.05, 0.1) is 37.4 Å². The van der Waals surface area contributed by atoms with E-state index in [1.807, 2.05) is 125 Å². The molecule has 13 heteroatoms. The maximum atomic E-state index is 12.8. The van der Waals surface area contributed by atoms with Gasteiger partial charge in [-0.2, -0.15) is 5.26 Å². The number of ether oxygens (including phenoxy) is 2. The molecule has 6 aromatic rings. The van der Waals surface area contributed by atoms with Gasteiger partial charge in [0.25, 0.3) is 5.91 Å². The highest BCUT2D eigenvalue weighted by Crippen LogP contribution is 2.39. The highest BCUT2D eigenvalue weighted by atomic mass is 16.5. The first kappa shape index (κ1) is 40.9. The van der Waals surface area contributed by atoms with Crippen molar-refractivity contribution in [2.75, 3.05) is 23.0 Å². The number of nitrogens with two attached hydrogens (primary N) is 1. The van der Waals surface area contributed by atoms with Crippen LogP contribution in [0, 0.1) is 25.2 Å². The van der Waals surface area contributed by atoms with Crippen molar-refractivity contribution >= 4 is 40.7 Å². The van der Waals surface area contributed by atoms with Gasteiger partial charge >= 0.3 is 0 Å². The highest BCUT2D eigenvalue weighted by molar-refractivity contribution is 6.10. The summed E-state index contributed by atoms with van der Waals surface area (Å²) >= 11 is 0. The number of anilines is 4. The fraction of sp³-hybridized carbons (Fsp3) is 0.174. The first-order valence-electron chi connectivity index (χ1n) is 18.9. The third kappa shape index (κ3) is 8.38. The second-order valence-corrected chi connectivity index (χ2v) is 13.2. The molecule has 0 fully saturated rings. The third-order valence-corrected chi connectivity index (χ3v) is 9.45. The van der Waals surface area contributed by atoms with Crippen LogP contribution in [0.3, 0.4) is 0 Å². The Bertz CT molecular complexity index is 2590. The van der Waals surface area contributed by atoms with Gasteiger partial charge in [0.1, 0.15) is 40.6 Å². The summed E-state index contributed by atoms with van der Waals surface area (Å²) in [6, 6.07) is 31.9. The number of rotatable bonds is 9. The van der Waals surface area contributed by atoms with Gasteiger partial charge in [-0.25, -0.2) is 19.9 Å². The van der Waals surface area contributed by atoms with Gasteiger partial charge in [-0.3, -0.25) is 24.2 Å². The SMILES string of the molecule is C=C.CCOc1ccc(-c2nc(C#N)c3c(n2)N(c2ccccc2C)C(=O)C3)cc1.CCOc1ccc(-c2nc(C(N)=O)c3c(n2)N(c2ccccc2C)C(=O)C3)cc1. The number of carbonyl (C=O) groups is 3. The zero-order valence-electron chi connectivity index (χ0n) is 33.2. The lowest BCUT2D eigenvalue weighted by Gasteiger charge is -2.19. The summed E-state index contributed by atoms with van der Waals surface area (Å²) in [7, 11) is 0. The van der Waals surface area contributed by atoms with E-state index >= 15 is 0 Å². The molecule has 0 unspecified atom stereocenters. The van der Waals surface area contributed by atoms with E-state index in [2.05, 4.69) is 39.2 Å². The summed E-state index contributed by atoms with van der Waals surface area (Å²) < 4.78 is 10.9. The molecule has 0 radical (unpaired) electrons. The maximum absolute atomic E-state index is 12.8. The molecule has 2 aromatic heterocycles. The standard InChI is InChI=1S/C22H20N4O3.C22H18N4O2.C2H4/c1-3-29-15-10-8-14(9-11-15)21-24-19(20(23)28)16-12-18(27)26(22(16)25-21)17-7-5-4-6-13(17)2;1-3-28-16-10-8-15(9-11-16)21-24-18(13-23)17-12-20(27)26(22(17)25-21)19-7-5-4-6-14(19)2;1-2/h4-11H,3,12H2,1-2H3,(H2,23,28);4-11H,3,12H2,1-2H3;1-2H2. The number of benzene rings is 4. The van der Waals surface area contributed by atoms with Crippen molar-refractivity contribution in [3.05, 3.63) is 144 Å². The molecule has 4 heterocycles. The van der Waals surface area contributed by atoms with E-state index in [4.69, 9.17) is 15.2 Å². The molecule has 8 rings (SSSR count). The number of amides is 3. The zero-order valence-corrected chi connectivity index (χ0v) is 33.2. The number of carbonyl (C=O) groups excluding carboxylic acids is 3. The van der Waals surface area contributed by atoms with Gasteiger partial charge in [-0.05, 0) is 99.5 Å². The molecule has 2 aliphatic heterocycles. The average Bonchev–Trinajstić information content (AvgIpc) is 3.76. The van der Waals surface area contributed by atoms with Crippen LogP contribution < -0.4 is 25.0 Å². The summed E-state index contributed by atoms with van der Waals surface area (Å²) in [5.74, 6) is 2.13. The number of hydrogen-bond donors (Lipinski definition) is 1. The van der Waals surface area contributed by atoms with Gasteiger partial charge < -0.3 is 15.2 Å². The van der Waals surface area contributed by atoms with Crippen LogP contribution in [0.2, 0.25) is 0 Å². The fourth-order valence-corrected chi connectivity index (χ4v) is 6.75. The van der Waals surface area contributed by atoms with Crippen molar-refractivity contribution in [3.8, 4) is 40.3 Å². The number of hydrogen-bond acceptors (Lipinski definition) is 10. The predicted octanol–water partition coefficient (Wildman–Crippen LogP) is 7.92. The van der Waals surface area contributed by atoms with Crippen LogP contribution in [0.4, 0.5) is 23.0 Å². The number of aryl methyl sites for hydroxylation is 2. The molecule has 0 aliphatic carbocycles. The first-order chi connectivity index (χ1) is 28.6. The number of aromatic nitrogens is 4. The summed E-state index contributed by atoms with van der Waals surface area (Å²) in [5.41, 5.74) is 11.8. The number of primary amides is 1. The van der Waals surface area contributed by atoms with E-state index in [0.29, 0.717) is 53.2 Å². The lowest BCUT2D eigenvalue weighted by Crippen LogP contribution is -2.22. The summed E-state index contributed by atoms with van der Waals surface area (Å²) in [4.78, 5) is 58.8. The molecule has 13 nitrogen and oxygen atoms in total. The van der Waals surface area contributed by atoms with Crippen LogP contribution in [0.5, 0.6) is 11.5 Å². The van der Waals surface area contributed by atoms with Crippen molar-refractivity contribution in [2.45, 2.75) is 40.5 Å². The Kier molecular flexibility index (Phi) is 12.5. The van der Waals surface area contributed by atoms with E-state index in [9.17, 15) is 19.6 Å². The Morgan fingerprint density at radius 2 is 1.10 bits per heavy atom. The number of nitrogens with zero attached hydrogens (tertiary/aromatic N) is 7. The van der Waals surface area contributed by atoms with Crippen molar-refractivity contribution < 1.29 is 23.9 Å². The van der Waals surface area contributed by atoms with Gasteiger partial charge in [0, 0.05) is 22.3 Å². The number of para-hydroxylation sites is 2. The van der Waals surface area contributed by atoms with Crippen molar-refractivity contribution in [2.24, 2.45) is 5.73 Å². The summed E-state index contributed by atoms with van der Waals surface area (Å²) in [6.07, 6.45) is 0.154. The molecule has 2 N–H and O–H groups in total. The third-order valence-electron chi connectivity index (χ3n) is 9.45. The van der Waals surface area contributed by atoms with Crippen molar-refractivity contribution in [3.63, 3.8) is 0 Å². The van der Waals surface area contributed by atoms with Crippen molar-refractivity contribution in [1.82, 2.24) is 19.9 Å². The number of fused-ring (bicyclic) bond motifs is 2. The van der Waals surface area contributed by atoms with Crippen LogP contribution in [-0.4, -0.2) is 50.9 Å². The average molecular weight is 787 g/mol.